The van der Waals surface area contributed by atoms with Gasteiger partial charge in [-0.3, -0.25) is 14.5 Å². The minimum Gasteiger partial charge on any atom is -0.507 e. The Morgan fingerprint density at radius 1 is 1.09 bits per heavy atom. The van der Waals surface area contributed by atoms with Gasteiger partial charge >= 0.3 is 0 Å². The number of carbonyl (C=O) groups is 2. The monoisotopic (exact) mass is 502 g/mol. The molecule has 1 heterocycles. The van der Waals surface area contributed by atoms with Crippen LogP contribution < -0.4 is 9.64 Å². The molecule has 0 aromatic heterocycles. The van der Waals surface area contributed by atoms with Gasteiger partial charge in [0.15, 0.2) is 0 Å². The number of nitriles is 1. The molecule has 0 saturated carbocycles. The summed E-state index contributed by atoms with van der Waals surface area (Å²) in [4.78, 5) is 27.7. The fourth-order valence-corrected chi connectivity index (χ4v) is 4.46. The largest absolute Gasteiger partial charge is 0.507 e. The maximum Gasteiger partial charge on any atom is 0.300 e. The van der Waals surface area contributed by atoms with E-state index >= 15 is 0 Å². The molecule has 1 unspecified atom stereocenters. The van der Waals surface area contributed by atoms with Crippen LogP contribution in [0.4, 0.5) is 5.69 Å². The first-order chi connectivity index (χ1) is 15.8. The number of amides is 1. The number of benzene rings is 3. The maximum absolute atomic E-state index is 13.2. The van der Waals surface area contributed by atoms with E-state index in [0.29, 0.717) is 32.6 Å². The second-order valence-corrected chi connectivity index (χ2v) is 8.45. The molecule has 0 bridgehead atoms. The summed E-state index contributed by atoms with van der Waals surface area (Å²) in [5.41, 5.74) is 2.89. The summed E-state index contributed by atoms with van der Waals surface area (Å²) in [6, 6.07) is 20.0. The maximum atomic E-state index is 13.2. The van der Waals surface area contributed by atoms with Crippen LogP contribution in [0, 0.1) is 18.3 Å². The number of hydrogen-bond donors (Lipinski definition) is 1. The molecule has 33 heavy (non-hydrogen) atoms. The van der Waals surface area contributed by atoms with Crippen molar-refractivity contribution in [1.29, 1.82) is 5.26 Å². The summed E-state index contributed by atoms with van der Waals surface area (Å²) in [6.07, 6.45) is 0. The Morgan fingerprint density at radius 2 is 1.82 bits per heavy atom. The number of methoxy groups -OCH3 is 1. The van der Waals surface area contributed by atoms with E-state index in [9.17, 15) is 14.7 Å². The lowest BCUT2D eigenvalue weighted by Gasteiger charge is -2.25. The van der Waals surface area contributed by atoms with E-state index in [2.05, 4.69) is 15.9 Å². The summed E-state index contributed by atoms with van der Waals surface area (Å²) in [5, 5.41) is 20.3. The van der Waals surface area contributed by atoms with E-state index in [0.717, 1.165) is 5.56 Å². The molecular weight excluding hydrogens is 484 g/mol. The number of rotatable bonds is 4. The van der Waals surface area contributed by atoms with Crippen LogP contribution in [0.1, 0.15) is 28.3 Å². The molecule has 0 spiro atoms. The number of hydrogen-bond acceptors (Lipinski definition) is 5. The number of aliphatic hydroxyl groups excluding tert-OH is 1. The molecule has 1 aliphatic heterocycles. The van der Waals surface area contributed by atoms with Gasteiger partial charge in [-0.15, -0.1) is 0 Å². The number of nitrogens with zero attached hydrogens (tertiary/aromatic N) is 2. The highest BCUT2D eigenvalue weighted by atomic mass is 79.9. The third kappa shape index (κ3) is 4.01. The number of carbonyl (C=O) groups excluding carboxylic acids is 2. The minimum atomic E-state index is -0.835. The molecule has 0 radical (unpaired) electrons. The molecule has 1 aliphatic rings. The van der Waals surface area contributed by atoms with Crippen LogP contribution >= 0.6 is 15.9 Å². The second-order valence-electron chi connectivity index (χ2n) is 7.59. The molecule has 1 atom stereocenters. The van der Waals surface area contributed by atoms with Gasteiger partial charge in [0.2, 0.25) is 0 Å². The van der Waals surface area contributed by atoms with E-state index in [-0.39, 0.29) is 11.3 Å². The number of Topliss-reactive ketones (excluding diaryl/α,β-unsaturated/α-hetero) is 1. The van der Waals surface area contributed by atoms with Gasteiger partial charge in [-0.25, -0.2) is 0 Å². The SMILES string of the molecule is COc1ccc(/C(O)=C2/C(=O)C(=O)N(c3ccc(C#N)cc3)C2c2cccc(C)c2)cc1Br. The number of aryl methyl sites for hydroxylation is 1. The highest BCUT2D eigenvalue weighted by Gasteiger charge is 2.47. The average Bonchev–Trinajstić information content (AvgIpc) is 3.09. The van der Waals surface area contributed by atoms with Crippen molar-refractivity contribution in [3.05, 3.63) is 99.0 Å². The van der Waals surface area contributed by atoms with Gasteiger partial charge in [0.05, 0.1) is 34.8 Å². The number of halogens is 1. The fourth-order valence-electron chi connectivity index (χ4n) is 3.92. The zero-order valence-electron chi connectivity index (χ0n) is 17.9. The molecule has 3 aromatic rings. The van der Waals surface area contributed by atoms with Gasteiger partial charge in [0.1, 0.15) is 11.5 Å². The Kier molecular flexibility index (Phi) is 6.03. The summed E-state index contributed by atoms with van der Waals surface area (Å²) >= 11 is 3.40. The summed E-state index contributed by atoms with van der Waals surface area (Å²) in [5.74, 6) is -1.24. The van der Waals surface area contributed by atoms with Crippen molar-refractivity contribution in [3.8, 4) is 11.8 Å². The van der Waals surface area contributed by atoms with Crippen LogP contribution in [0.2, 0.25) is 0 Å². The van der Waals surface area contributed by atoms with Crippen LogP contribution in [0.15, 0.2) is 76.8 Å². The third-order valence-electron chi connectivity index (χ3n) is 5.50. The van der Waals surface area contributed by atoms with Gasteiger partial charge in [-0.05, 0) is 70.9 Å². The van der Waals surface area contributed by atoms with E-state index in [1.54, 1.807) is 42.5 Å². The zero-order chi connectivity index (χ0) is 23.7. The molecule has 7 heteroatoms. The normalized spacial score (nSPS) is 17.2. The second kappa shape index (κ2) is 8.93. The number of anilines is 1. The Hall–Kier alpha value is -3.89. The Bertz CT molecular complexity index is 1340. The first-order valence-corrected chi connectivity index (χ1v) is 10.9. The van der Waals surface area contributed by atoms with Crippen molar-refractivity contribution in [1.82, 2.24) is 0 Å². The molecule has 1 amide bonds. The van der Waals surface area contributed by atoms with Crippen molar-refractivity contribution < 1.29 is 19.4 Å². The minimum absolute atomic E-state index is 0.00738. The van der Waals surface area contributed by atoms with Gasteiger partial charge in [0.25, 0.3) is 11.7 Å². The molecule has 6 nitrogen and oxygen atoms in total. The molecule has 3 aromatic carbocycles. The van der Waals surface area contributed by atoms with E-state index < -0.39 is 17.7 Å². The predicted molar refractivity (Wildman–Crippen MR) is 128 cm³/mol. The Balaban J connectivity index is 1.94. The van der Waals surface area contributed by atoms with Crippen LogP contribution in [-0.2, 0) is 9.59 Å². The highest BCUT2D eigenvalue weighted by molar-refractivity contribution is 9.10. The van der Waals surface area contributed by atoms with Gasteiger partial charge < -0.3 is 9.84 Å². The van der Waals surface area contributed by atoms with Crippen LogP contribution in [0.25, 0.3) is 5.76 Å². The van der Waals surface area contributed by atoms with E-state index in [4.69, 9.17) is 10.00 Å². The van der Waals surface area contributed by atoms with Crippen LogP contribution in [0.5, 0.6) is 5.75 Å². The Labute approximate surface area is 199 Å². The first kappa shape index (κ1) is 22.3. The first-order valence-electron chi connectivity index (χ1n) is 10.1. The van der Waals surface area contributed by atoms with Crippen molar-refractivity contribution in [2.24, 2.45) is 0 Å². The molecule has 4 rings (SSSR count). The summed E-state index contributed by atoms with van der Waals surface area (Å²) in [6.45, 7) is 1.91. The van der Waals surface area contributed by atoms with Crippen LogP contribution in [0.3, 0.4) is 0 Å². The van der Waals surface area contributed by atoms with Gasteiger partial charge in [0, 0.05) is 11.3 Å². The lowest BCUT2D eigenvalue weighted by Crippen LogP contribution is -2.29. The lowest BCUT2D eigenvalue weighted by molar-refractivity contribution is -0.132. The Morgan fingerprint density at radius 3 is 2.42 bits per heavy atom. The molecule has 0 aliphatic carbocycles. The topological polar surface area (TPSA) is 90.6 Å². The van der Waals surface area contributed by atoms with Gasteiger partial charge in [-0.2, -0.15) is 5.26 Å². The smallest absolute Gasteiger partial charge is 0.300 e. The van der Waals surface area contributed by atoms with Crippen molar-refractivity contribution in [2.45, 2.75) is 13.0 Å². The van der Waals surface area contributed by atoms with Crippen molar-refractivity contribution in [2.75, 3.05) is 12.0 Å². The zero-order valence-corrected chi connectivity index (χ0v) is 19.5. The molecule has 1 fully saturated rings. The molecule has 1 N–H and O–H groups in total. The molecule has 164 valence electrons. The summed E-state index contributed by atoms with van der Waals surface area (Å²) in [7, 11) is 1.53. The third-order valence-corrected chi connectivity index (χ3v) is 6.12. The molecular formula is C26H19BrN2O4. The average molecular weight is 503 g/mol. The predicted octanol–water partition coefficient (Wildman–Crippen LogP) is 5.26. The standard InChI is InChI=1S/C26H19BrN2O4/c1-15-4-3-5-17(12-15)23-22(24(30)18-8-11-21(33-2)20(27)13-18)25(31)26(32)29(23)19-9-6-16(14-28)7-10-19/h3-13,23,30H,1-2H3/b24-22-. The summed E-state index contributed by atoms with van der Waals surface area (Å²) < 4.78 is 5.84. The quantitative estimate of drug-likeness (QED) is 0.298. The van der Waals surface area contributed by atoms with E-state index in [1.165, 1.54) is 12.0 Å². The van der Waals surface area contributed by atoms with Gasteiger partial charge in [-0.1, -0.05) is 29.8 Å². The number of ketones is 1. The number of aliphatic hydroxyl groups is 1. The lowest BCUT2D eigenvalue weighted by atomic mass is 9.94. The van der Waals surface area contributed by atoms with E-state index in [1.807, 2.05) is 37.3 Å². The highest BCUT2D eigenvalue weighted by Crippen LogP contribution is 2.43. The van der Waals surface area contributed by atoms with Crippen LogP contribution in [-0.4, -0.2) is 23.9 Å². The van der Waals surface area contributed by atoms with Crippen molar-refractivity contribution >= 4 is 39.1 Å². The molecule has 1 saturated heterocycles. The number of ether oxygens (including phenoxy) is 1. The van der Waals surface area contributed by atoms with Crippen molar-refractivity contribution in [3.63, 3.8) is 0 Å². The fraction of sp³-hybridized carbons (Fsp3) is 0.115.